The van der Waals surface area contributed by atoms with Crippen molar-refractivity contribution in [2.75, 3.05) is 13.2 Å². The smallest absolute Gasteiger partial charge is 0.406 e. The molecule has 0 aromatic heterocycles. The van der Waals surface area contributed by atoms with E-state index in [0.29, 0.717) is 19.5 Å². The van der Waals surface area contributed by atoms with E-state index in [1.165, 1.54) is 12.1 Å². The van der Waals surface area contributed by atoms with Crippen molar-refractivity contribution in [3.8, 4) is 5.75 Å². The second-order valence-electron chi connectivity index (χ2n) is 6.39. The molecule has 0 saturated carbocycles. The van der Waals surface area contributed by atoms with Crippen LogP contribution in [-0.4, -0.2) is 35.9 Å². The van der Waals surface area contributed by atoms with Gasteiger partial charge in [-0.15, -0.1) is 13.2 Å². The maximum atomic E-state index is 12.3. The lowest BCUT2D eigenvalue weighted by atomic mass is 9.92. The highest BCUT2D eigenvalue weighted by molar-refractivity contribution is 5.76. The highest BCUT2D eigenvalue weighted by Crippen LogP contribution is 2.36. The lowest BCUT2D eigenvalue weighted by Gasteiger charge is -2.26. The van der Waals surface area contributed by atoms with Crippen molar-refractivity contribution >= 4 is 5.91 Å². The number of nitrogens with zero attached hydrogens (tertiary/aromatic N) is 1. The minimum atomic E-state index is -4.70. The zero-order chi connectivity index (χ0) is 17.2. The van der Waals surface area contributed by atoms with Gasteiger partial charge >= 0.3 is 6.36 Å². The summed E-state index contributed by atoms with van der Waals surface area (Å²) >= 11 is 0. The summed E-state index contributed by atoms with van der Waals surface area (Å²) in [5, 5.41) is 0. The van der Waals surface area contributed by atoms with E-state index in [4.69, 9.17) is 4.74 Å². The molecule has 4 nitrogen and oxygen atoms in total. The van der Waals surface area contributed by atoms with Crippen molar-refractivity contribution < 1.29 is 27.4 Å². The first-order valence-corrected chi connectivity index (χ1v) is 8.12. The van der Waals surface area contributed by atoms with Crippen LogP contribution in [0.15, 0.2) is 24.3 Å². The molecular formula is C17H20F3NO3. The summed E-state index contributed by atoms with van der Waals surface area (Å²) in [7, 11) is 0. The molecule has 2 fully saturated rings. The van der Waals surface area contributed by atoms with Gasteiger partial charge in [0.1, 0.15) is 5.75 Å². The number of ether oxygens (including phenoxy) is 2. The first kappa shape index (κ1) is 17.1. The summed E-state index contributed by atoms with van der Waals surface area (Å²) in [6, 6.07) is 5.65. The second-order valence-corrected chi connectivity index (χ2v) is 6.39. The van der Waals surface area contributed by atoms with Gasteiger partial charge in [0.15, 0.2) is 0 Å². The molecule has 0 aliphatic carbocycles. The van der Waals surface area contributed by atoms with E-state index in [-0.39, 0.29) is 17.3 Å². The highest BCUT2D eigenvalue weighted by Gasteiger charge is 2.38. The van der Waals surface area contributed by atoms with Crippen LogP contribution in [0.25, 0.3) is 0 Å². The first-order chi connectivity index (χ1) is 11.4. The molecule has 1 aromatic rings. The van der Waals surface area contributed by atoms with E-state index in [2.05, 4.69) is 4.74 Å². The van der Waals surface area contributed by atoms with Gasteiger partial charge in [-0.2, -0.15) is 0 Å². The fourth-order valence-corrected chi connectivity index (χ4v) is 3.41. The van der Waals surface area contributed by atoms with Gasteiger partial charge in [0.2, 0.25) is 5.91 Å². The summed E-state index contributed by atoms with van der Waals surface area (Å²) in [6.07, 6.45) is -0.645. The fraction of sp³-hybridized carbons (Fsp3) is 0.588. The molecule has 0 N–H and O–H groups in total. The maximum Gasteiger partial charge on any atom is 0.573 e. The van der Waals surface area contributed by atoms with Crippen LogP contribution in [0.4, 0.5) is 13.2 Å². The Morgan fingerprint density at radius 3 is 2.54 bits per heavy atom. The van der Waals surface area contributed by atoms with Crippen LogP contribution in [0.3, 0.4) is 0 Å². The standard InChI is InChI=1S/C17H20F3NO3/c18-17(19,20)24-14-4-2-13(3-5-14)12-21-10-9-16(7-1-11-23-16)8-6-15(21)22/h2-5H,1,6-12H2. The van der Waals surface area contributed by atoms with Gasteiger partial charge in [0.05, 0.1) is 5.60 Å². The molecule has 24 heavy (non-hydrogen) atoms. The molecule has 1 atom stereocenters. The van der Waals surface area contributed by atoms with Crippen LogP contribution >= 0.6 is 0 Å². The zero-order valence-corrected chi connectivity index (χ0v) is 13.3. The third-order valence-electron chi connectivity index (χ3n) is 4.70. The van der Waals surface area contributed by atoms with Crippen molar-refractivity contribution in [3.05, 3.63) is 29.8 Å². The number of benzene rings is 1. The Labute approximate surface area is 138 Å². The molecule has 1 spiro atoms. The summed E-state index contributed by atoms with van der Waals surface area (Å²) in [4.78, 5) is 14.1. The molecule has 2 heterocycles. The Hall–Kier alpha value is -1.76. The molecule has 0 radical (unpaired) electrons. The van der Waals surface area contributed by atoms with Crippen LogP contribution in [0.5, 0.6) is 5.75 Å². The fourth-order valence-electron chi connectivity index (χ4n) is 3.41. The van der Waals surface area contributed by atoms with Crippen LogP contribution in [0, 0.1) is 0 Å². The number of hydrogen-bond acceptors (Lipinski definition) is 3. The van der Waals surface area contributed by atoms with Crippen LogP contribution < -0.4 is 4.74 Å². The molecule has 2 saturated heterocycles. The van der Waals surface area contributed by atoms with Gasteiger partial charge in [0, 0.05) is 26.1 Å². The Morgan fingerprint density at radius 1 is 1.17 bits per heavy atom. The highest BCUT2D eigenvalue weighted by atomic mass is 19.4. The average Bonchev–Trinajstić information content (AvgIpc) is 2.92. The maximum absolute atomic E-state index is 12.3. The average molecular weight is 343 g/mol. The number of amides is 1. The van der Waals surface area contributed by atoms with E-state index in [1.807, 2.05) is 0 Å². The molecule has 3 rings (SSSR count). The number of carbonyl (C=O) groups excluding carboxylic acids is 1. The molecule has 1 unspecified atom stereocenters. The predicted octanol–water partition coefficient (Wildman–Crippen LogP) is 3.65. The van der Waals surface area contributed by atoms with Gasteiger partial charge in [-0.25, -0.2) is 0 Å². The largest absolute Gasteiger partial charge is 0.573 e. The third-order valence-corrected chi connectivity index (χ3v) is 4.70. The summed E-state index contributed by atoms with van der Waals surface area (Å²) < 4.78 is 46.2. The molecule has 1 aromatic carbocycles. The van der Waals surface area contributed by atoms with Gasteiger partial charge in [0.25, 0.3) is 0 Å². The van der Waals surface area contributed by atoms with Crippen molar-refractivity contribution in [1.82, 2.24) is 4.90 Å². The Bertz CT molecular complexity index is 580. The Morgan fingerprint density at radius 2 is 1.92 bits per heavy atom. The second kappa shape index (κ2) is 6.63. The van der Waals surface area contributed by atoms with Crippen molar-refractivity contribution in [2.45, 2.75) is 50.6 Å². The lowest BCUT2D eigenvalue weighted by molar-refractivity contribution is -0.274. The molecule has 2 aliphatic heterocycles. The molecule has 132 valence electrons. The van der Waals surface area contributed by atoms with Gasteiger partial charge in [-0.3, -0.25) is 4.79 Å². The first-order valence-electron chi connectivity index (χ1n) is 8.12. The quantitative estimate of drug-likeness (QED) is 0.841. The molecular weight excluding hydrogens is 323 g/mol. The summed E-state index contributed by atoms with van der Waals surface area (Å²) in [5.74, 6) is -0.190. The van der Waals surface area contributed by atoms with Gasteiger partial charge in [-0.1, -0.05) is 12.1 Å². The summed E-state index contributed by atoms with van der Waals surface area (Å²) in [6.45, 7) is 1.76. The third kappa shape index (κ3) is 4.20. The normalized spacial score (nSPS) is 25.1. The number of rotatable bonds is 3. The van der Waals surface area contributed by atoms with Gasteiger partial charge in [-0.05, 0) is 43.4 Å². The van der Waals surface area contributed by atoms with Crippen molar-refractivity contribution in [2.24, 2.45) is 0 Å². The number of alkyl halides is 3. The number of halogens is 3. The number of likely N-dealkylation sites (tertiary alicyclic amines) is 1. The SMILES string of the molecule is O=C1CCC2(CCCO2)CCN1Cc1ccc(OC(F)(F)F)cc1. The monoisotopic (exact) mass is 343 g/mol. The van der Waals surface area contributed by atoms with Crippen LogP contribution in [-0.2, 0) is 16.1 Å². The van der Waals surface area contributed by atoms with E-state index in [1.54, 1.807) is 17.0 Å². The molecule has 2 aliphatic rings. The van der Waals surface area contributed by atoms with Gasteiger partial charge < -0.3 is 14.4 Å². The predicted molar refractivity (Wildman–Crippen MR) is 80.3 cm³/mol. The van der Waals surface area contributed by atoms with Crippen molar-refractivity contribution in [3.63, 3.8) is 0 Å². The van der Waals surface area contributed by atoms with Crippen molar-refractivity contribution in [1.29, 1.82) is 0 Å². The molecule has 0 bridgehead atoms. The van der Waals surface area contributed by atoms with E-state index >= 15 is 0 Å². The van der Waals surface area contributed by atoms with Crippen LogP contribution in [0.2, 0.25) is 0 Å². The number of hydrogen-bond donors (Lipinski definition) is 0. The minimum Gasteiger partial charge on any atom is -0.406 e. The zero-order valence-electron chi connectivity index (χ0n) is 13.3. The Kier molecular flexibility index (Phi) is 4.71. The summed E-state index contributed by atoms with van der Waals surface area (Å²) in [5.41, 5.74) is 0.621. The Balaban J connectivity index is 1.61. The van der Waals surface area contributed by atoms with E-state index in [0.717, 1.165) is 37.9 Å². The lowest BCUT2D eigenvalue weighted by Crippen LogP contribution is -2.32. The minimum absolute atomic E-state index is 0.0676. The van der Waals surface area contributed by atoms with E-state index in [9.17, 15) is 18.0 Å². The topological polar surface area (TPSA) is 38.8 Å². The molecule has 7 heteroatoms. The van der Waals surface area contributed by atoms with Crippen LogP contribution in [0.1, 0.15) is 37.7 Å². The van der Waals surface area contributed by atoms with E-state index < -0.39 is 6.36 Å². The number of carbonyl (C=O) groups is 1. The molecule has 1 amide bonds.